The lowest BCUT2D eigenvalue weighted by atomic mass is 10.0. The van der Waals surface area contributed by atoms with Gasteiger partial charge >= 0.3 is 0 Å². The van der Waals surface area contributed by atoms with Gasteiger partial charge in [-0.15, -0.1) is 22.0 Å². The maximum absolute atomic E-state index is 12.4. The van der Waals surface area contributed by atoms with Gasteiger partial charge in [-0.2, -0.15) is 0 Å². The van der Waals surface area contributed by atoms with Gasteiger partial charge in [-0.1, -0.05) is 36.0 Å². The number of hydrogen-bond donors (Lipinski definition) is 2. The Labute approximate surface area is 186 Å². The third-order valence-corrected chi connectivity index (χ3v) is 7.22. The van der Waals surface area contributed by atoms with E-state index in [2.05, 4.69) is 32.7 Å². The standard InChI is InChI=1S/C21H29N5O2S2/c1-15-7-3-4-9-17(15)23-20(28)21-25-24-19(30-21)14-29-13-18(27)22-10-12-26-11-6-5-8-16(26)2/h3-4,7,9,16H,5-6,8,10-14H2,1-2H3,(H,22,27)(H,23,28)/t16-/m1/s1. The normalized spacial score (nSPS) is 16.9. The van der Waals surface area contributed by atoms with Gasteiger partial charge in [0.15, 0.2) is 0 Å². The van der Waals surface area contributed by atoms with Crippen LogP contribution in [0.1, 0.15) is 46.6 Å². The quantitative estimate of drug-likeness (QED) is 0.613. The molecule has 1 aliphatic heterocycles. The summed E-state index contributed by atoms with van der Waals surface area (Å²) in [5.74, 6) is 0.709. The first kappa shape index (κ1) is 22.7. The lowest BCUT2D eigenvalue weighted by molar-refractivity contribution is -0.118. The average molecular weight is 448 g/mol. The molecule has 1 aromatic carbocycles. The van der Waals surface area contributed by atoms with Crippen LogP contribution >= 0.6 is 23.1 Å². The number of amides is 2. The highest BCUT2D eigenvalue weighted by Gasteiger charge is 2.18. The van der Waals surface area contributed by atoms with Crippen molar-refractivity contribution in [3.63, 3.8) is 0 Å². The highest BCUT2D eigenvalue weighted by Crippen LogP contribution is 2.19. The number of likely N-dealkylation sites (tertiary alicyclic amines) is 1. The van der Waals surface area contributed by atoms with Crippen LogP contribution in [0.4, 0.5) is 5.69 Å². The molecule has 1 saturated heterocycles. The number of carbonyl (C=O) groups excluding carboxylic acids is 2. The Balaban J connectivity index is 1.35. The van der Waals surface area contributed by atoms with Crippen LogP contribution in [0.3, 0.4) is 0 Å². The monoisotopic (exact) mass is 447 g/mol. The van der Waals surface area contributed by atoms with Crippen LogP contribution in [0.5, 0.6) is 0 Å². The SMILES string of the molecule is Cc1ccccc1NC(=O)c1nnc(CSCC(=O)NCCN2CCCC[C@H]2C)s1. The molecule has 2 N–H and O–H groups in total. The smallest absolute Gasteiger partial charge is 0.286 e. The largest absolute Gasteiger partial charge is 0.354 e. The topological polar surface area (TPSA) is 87.2 Å². The highest BCUT2D eigenvalue weighted by atomic mass is 32.2. The summed E-state index contributed by atoms with van der Waals surface area (Å²) in [6.07, 6.45) is 3.80. The molecule has 2 heterocycles. The molecule has 0 bridgehead atoms. The molecule has 0 radical (unpaired) electrons. The Morgan fingerprint density at radius 3 is 2.90 bits per heavy atom. The highest BCUT2D eigenvalue weighted by molar-refractivity contribution is 7.99. The van der Waals surface area contributed by atoms with Crippen molar-refractivity contribution in [2.24, 2.45) is 0 Å². The zero-order valence-corrected chi connectivity index (χ0v) is 19.2. The lowest BCUT2D eigenvalue weighted by Gasteiger charge is -2.33. The van der Waals surface area contributed by atoms with E-state index >= 15 is 0 Å². The minimum absolute atomic E-state index is 0.0340. The van der Waals surface area contributed by atoms with Crippen LogP contribution in [0.15, 0.2) is 24.3 Å². The zero-order chi connectivity index (χ0) is 21.3. The molecule has 2 amide bonds. The summed E-state index contributed by atoms with van der Waals surface area (Å²) in [5.41, 5.74) is 1.76. The van der Waals surface area contributed by atoms with E-state index in [9.17, 15) is 9.59 Å². The first-order valence-corrected chi connectivity index (χ1v) is 12.3. The van der Waals surface area contributed by atoms with E-state index in [1.165, 1.54) is 42.4 Å². The number of carbonyl (C=O) groups is 2. The number of benzene rings is 1. The van der Waals surface area contributed by atoms with E-state index in [1.807, 2.05) is 31.2 Å². The summed E-state index contributed by atoms with van der Waals surface area (Å²) in [5, 5.41) is 15.0. The van der Waals surface area contributed by atoms with E-state index in [0.717, 1.165) is 29.3 Å². The molecule has 0 aliphatic carbocycles. The molecular formula is C21H29N5O2S2. The Kier molecular flexibility index (Phi) is 8.65. The molecule has 2 aromatic rings. The first-order chi connectivity index (χ1) is 14.5. The summed E-state index contributed by atoms with van der Waals surface area (Å²) >= 11 is 2.74. The summed E-state index contributed by atoms with van der Waals surface area (Å²) in [4.78, 5) is 26.9. The molecule has 162 valence electrons. The number of nitrogens with zero attached hydrogens (tertiary/aromatic N) is 3. The number of piperidine rings is 1. The number of aryl methyl sites for hydroxylation is 1. The van der Waals surface area contributed by atoms with Gasteiger partial charge < -0.3 is 10.6 Å². The van der Waals surface area contributed by atoms with Gasteiger partial charge in [0.1, 0.15) is 5.01 Å². The Morgan fingerprint density at radius 1 is 1.27 bits per heavy atom. The Morgan fingerprint density at radius 2 is 2.10 bits per heavy atom. The number of rotatable bonds is 9. The third kappa shape index (κ3) is 6.78. The van der Waals surface area contributed by atoms with Gasteiger partial charge in [-0.3, -0.25) is 14.5 Å². The van der Waals surface area contributed by atoms with Crippen LogP contribution in [-0.4, -0.2) is 58.3 Å². The maximum atomic E-state index is 12.4. The van der Waals surface area contributed by atoms with Crippen LogP contribution in [0, 0.1) is 6.92 Å². The van der Waals surface area contributed by atoms with Crippen molar-refractivity contribution in [2.75, 3.05) is 30.7 Å². The van der Waals surface area contributed by atoms with Crippen molar-refractivity contribution in [3.05, 3.63) is 39.8 Å². The average Bonchev–Trinajstić information content (AvgIpc) is 3.20. The van der Waals surface area contributed by atoms with E-state index in [4.69, 9.17) is 0 Å². The van der Waals surface area contributed by atoms with E-state index in [0.29, 0.717) is 29.1 Å². The minimum Gasteiger partial charge on any atom is -0.354 e. The van der Waals surface area contributed by atoms with Crippen molar-refractivity contribution in [1.29, 1.82) is 0 Å². The van der Waals surface area contributed by atoms with Crippen molar-refractivity contribution >= 4 is 40.6 Å². The number of anilines is 1. The molecular weight excluding hydrogens is 418 g/mol. The molecule has 0 saturated carbocycles. The molecule has 7 nitrogen and oxygen atoms in total. The van der Waals surface area contributed by atoms with E-state index in [-0.39, 0.29) is 11.8 Å². The summed E-state index contributed by atoms with van der Waals surface area (Å²) < 4.78 is 0. The molecule has 0 unspecified atom stereocenters. The maximum Gasteiger partial charge on any atom is 0.286 e. The van der Waals surface area contributed by atoms with Gasteiger partial charge in [0, 0.05) is 30.6 Å². The number of nitrogens with one attached hydrogen (secondary N) is 2. The van der Waals surface area contributed by atoms with Crippen molar-refractivity contribution in [1.82, 2.24) is 20.4 Å². The molecule has 0 spiro atoms. The third-order valence-electron chi connectivity index (χ3n) is 5.17. The zero-order valence-electron chi connectivity index (χ0n) is 17.5. The number of aromatic nitrogens is 2. The lowest BCUT2D eigenvalue weighted by Crippen LogP contribution is -2.42. The second-order valence-corrected chi connectivity index (χ2v) is 9.54. The fourth-order valence-corrected chi connectivity index (χ4v) is 5.04. The first-order valence-electron chi connectivity index (χ1n) is 10.3. The number of para-hydroxylation sites is 1. The number of hydrogen-bond acceptors (Lipinski definition) is 7. The molecule has 1 fully saturated rings. The predicted octanol–water partition coefficient (Wildman–Crippen LogP) is 3.32. The van der Waals surface area contributed by atoms with Crippen molar-refractivity contribution in [2.45, 2.75) is 44.9 Å². The van der Waals surface area contributed by atoms with Gasteiger partial charge in [-0.25, -0.2) is 0 Å². The van der Waals surface area contributed by atoms with Gasteiger partial charge in [0.05, 0.1) is 5.75 Å². The second-order valence-electron chi connectivity index (χ2n) is 7.49. The fourth-order valence-electron chi connectivity index (χ4n) is 3.40. The molecule has 1 atom stereocenters. The van der Waals surface area contributed by atoms with Crippen LogP contribution in [0.2, 0.25) is 0 Å². The molecule has 1 aliphatic rings. The van der Waals surface area contributed by atoms with Gasteiger partial charge in [0.25, 0.3) is 5.91 Å². The van der Waals surface area contributed by atoms with Gasteiger partial charge in [-0.05, 0) is 44.9 Å². The predicted molar refractivity (Wildman–Crippen MR) is 123 cm³/mol. The van der Waals surface area contributed by atoms with Crippen LogP contribution in [0.25, 0.3) is 0 Å². The van der Waals surface area contributed by atoms with E-state index in [1.54, 1.807) is 0 Å². The summed E-state index contributed by atoms with van der Waals surface area (Å²) in [6, 6.07) is 8.21. The van der Waals surface area contributed by atoms with Crippen molar-refractivity contribution < 1.29 is 9.59 Å². The Bertz CT molecular complexity index is 857. The summed E-state index contributed by atoms with van der Waals surface area (Å²) in [6.45, 7) is 6.92. The molecule has 3 rings (SSSR count). The molecule has 9 heteroatoms. The van der Waals surface area contributed by atoms with Gasteiger partial charge in [0.2, 0.25) is 10.9 Å². The Hall–Kier alpha value is -1.97. The minimum atomic E-state index is -0.261. The fraction of sp³-hybridized carbons (Fsp3) is 0.524. The second kappa shape index (κ2) is 11.4. The molecule has 1 aromatic heterocycles. The van der Waals surface area contributed by atoms with Crippen molar-refractivity contribution in [3.8, 4) is 0 Å². The van der Waals surface area contributed by atoms with E-state index < -0.39 is 0 Å². The van der Waals surface area contributed by atoms with Crippen LogP contribution in [-0.2, 0) is 10.5 Å². The van der Waals surface area contributed by atoms with Crippen LogP contribution < -0.4 is 10.6 Å². The summed E-state index contributed by atoms with van der Waals surface area (Å²) in [7, 11) is 0. The number of thioether (sulfide) groups is 1. The molecule has 30 heavy (non-hydrogen) atoms.